The van der Waals surface area contributed by atoms with E-state index in [1.54, 1.807) is 0 Å². The van der Waals surface area contributed by atoms with E-state index in [4.69, 9.17) is 4.74 Å². The van der Waals surface area contributed by atoms with E-state index >= 15 is 0 Å². The molecule has 21 heavy (non-hydrogen) atoms. The lowest BCUT2D eigenvalue weighted by Crippen LogP contribution is -2.05. The lowest BCUT2D eigenvalue weighted by molar-refractivity contribution is 0.484. The van der Waals surface area contributed by atoms with Crippen LogP contribution in [0.25, 0.3) is 10.8 Å². The summed E-state index contributed by atoms with van der Waals surface area (Å²) in [6, 6.07) is 20.7. The molecule has 0 fully saturated rings. The number of benzene rings is 3. The summed E-state index contributed by atoms with van der Waals surface area (Å²) in [7, 11) is 1.95. The van der Waals surface area contributed by atoms with E-state index in [-0.39, 0.29) is 0 Å². The first-order valence-electron chi connectivity index (χ1n) is 7.17. The van der Waals surface area contributed by atoms with Crippen LogP contribution in [0.2, 0.25) is 0 Å². The molecule has 0 aliphatic rings. The van der Waals surface area contributed by atoms with Gasteiger partial charge in [0.15, 0.2) is 0 Å². The molecule has 0 aliphatic carbocycles. The highest BCUT2D eigenvalue weighted by molar-refractivity contribution is 5.88. The maximum atomic E-state index is 6.14. The van der Waals surface area contributed by atoms with Gasteiger partial charge in [-0.2, -0.15) is 0 Å². The van der Waals surface area contributed by atoms with Gasteiger partial charge in [0.2, 0.25) is 0 Å². The predicted molar refractivity (Wildman–Crippen MR) is 88.0 cm³/mol. The molecule has 0 unspecified atom stereocenters. The van der Waals surface area contributed by atoms with E-state index < -0.39 is 0 Å². The molecule has 0 heterocycles. The molecule has 2 nitrogen and oxygen atoms in total. The van der Waals surface area contributed by atoms with Crippen molar-refractivity contribution in [3.63, 3.8) is 0 Å². The third kappa shape index (κ3) is 2.91. The first kappa shape index (κ1) is 13.7. The molecule has 0 atom stereocenters. The fourth-order valence-electron chi connectivity index (χ4n) is 2.54. The van der Waals surface area contributed by atoms with E-state index in [1.807, 2.05) is 37.4 Å². The van der Waals surface area contributed by atoms with Gasteiger partial charge in [0, 0.05) is 11.9 Å². The smallest absolute Gasteiger partial charge is 0.135 e. The predicted octanol–water partition coefficient (Wildman–Crippen LogP) is 4.66. The lowest BCUT2D eigenvalue weighted by Gasteiger charge is -2.12. The van der Waals surface area contributed by atoms with E-state index in [0.29, 0.717) is 0 Å². The fraction of sp³-hybridized carbons (Fsp3) is 0.158. The Balaban J connectivity index is 1.95. The minimum absolute atomic E-state index is 0.870. The Kier molecular flexibility index (Phi) is 3.89. The second-order valence-corrected chi connectivity index (χ2v) is 5.21. The SMILES string of the molecule is CNCc1ccc(Oc2cccc3ccccc23)c(C)c1. The van der Waals surface area contributed by atoms with Crippen molar-refractivity contribution in [3.05, 3.63) is 71.8 Å². The molecule has 2 heteroatoms. The van der Waals surface area contributed by atoms with Gasteiger partial charge in [-0.1, -0.05) is 48.5 Å². The van der Waals surface area contributed by atoms with Crippen LogP contribution in [0.1, 0.15) is 11.1 Å². The van der Waals surface area contributed by atoms with E-state index in [0.717, 1.165) is 29.0 Å². The van der Waals surface area contributed by atoms with Crippen molar-refractivity contribution in [3.8, 4) is 11.5 Å². The molecule has 1 N–H and O–H groups in total. The zero-order chi connectivity index (χ0) is 14.7. The van der Waals surface area contributed by atoms with Gasteiger partial charge in [-0.3, -0.25) is 0 Å². The van der Waals surface area contributed by atoms with Crippen LogP contribution in [0.15, 0.2) is 60.7 Å². The molecule has 0 aromatic heterocycles. The zero-order valence-corrected chi connectivity index (χ0v) is 12.4. The Morgan fingerprint density at radius 2 is 1.71 bits per heavy atom. The lowest BCUT2D eigenvalue weighted by atomic mass is 10.1. The second kappa shape index (κ2) is 5.98. The molecular weight excluding hydrogens is 258 g/mol. The third-order valence-electron chi connectivity index (χ3n) is 3.59. The highest BCUT2D eigenvalue weighted by Gasteiger charge is 2.06. The summed E-state index contributed by atoms with van der Waals surface area (Å²) in [6.07, 6.45) is 0. The van der Waals surface area contributed by atoms with Crippen molar-refractivity contribution in [1.82, 2.24) is 5.32 Å². The molecule has 0 aliphatic heterocycles. The van der Waals surface area contributed by atoms with Gasteiger partial charge in [0.1, 0.15) is 11.5 Å². The van der Waals surface area contributed by atoms with Crippen molar-refractivity contribution < 1.29 is 4.74 Å². The van der Waals surface area contributed by atoms with Crippen LogP contribution in [0.4, 0.5) is 0 Å². The zero-order valence-electron chi connectivity index (χ0n) is 12.4. The summed E-state index contributed by atoms with van der Waals surface area (Å²) < 4.78 is 6.14. The minimum Gasteiger partial charge on any atom is -0.456 e. The Bertz CT molecular complexity index is 759. The van der Waals surface area contributed by atoms with Gasteiger partial charge in [-0.05, 0) is 42.6 Å². The topological polar surface area (TPSA) is 21.3 Å². The number of nitrogens with one attached hydrogen (secondary N) is 1. The van der Waals surface area contributed by atoms with Crippen LogP contribution in [-0.4, -0.2) is 7.05 Å². The van der Waals surface area contributed by atoms with Gasteiger partial charge < -0.3 is 10.1 Å². The molecule has 0 amide bonds. The molecule has 0 saturated carbocycles. The van der Waals surface area contributed by atoms with Crippen LogP contribution in [0.5, 0.6) is 11.5 Å². The van der Waals surface area contributed by atoms with Crippen molar-refractivity contribution >= 4 is 10.8 Å². The summed E-state index contributed by atoms with van der Waals surface area (Å²) in [5.74, 6) is 1.81. The average molecular weight is 277 g/mol. The Morgan fingerprint density at radius 3 is 2.52 bits per heavy atom. The van der Waals surface area contributed by atoms with Crippen LogP contribution < -0.4 is 10.1 Å². The first-order chi connectivity index (χ1) is 10.3. The Morgan fingerprint density at radius 1 is 0.905 bits per heavy atom. The number of hydrogen-bond donors (Lipinski definition) is 1. The molecule has 3 aromatic carbocycles. The number of hydrogen-bond acceptors (Lipinski definition) is 2. The largest absolute Gasteiger partial charge is 0.456 e. The van der Waals surface area contributed by atoms with E-state index in [9.17, 15) is 0 Å². The average Bonchev–Trinajstić information content (AvgIpc) is 2.51. The molecule has 0 spiro atoms. The standard InChI is InChI=1S/C19H19NO/c1-14-12-15(13-20-2)10-11-18(14)21-19-9-5-7-16-6-3-4-8-17(16)19/h3-12,20H,13H2,1-2H3. The Hall–Kier alpha value is -2.32. The van der Waals surface area contributed by atoms with E-state index in [1.165, 1.54) is 10.9 Å². The molecule has 0 radical (unpaired) electrons. The van der Waals surface area contributed by atoms with Crippen LogP contribution in [-0.2, 0) is 6.54 Å². The third-order valence-corrected chi connectivity index (χ3v) is 3.59. The molecule has 0 bridgehead atoms. The first-order valence-corrected chi connectivity index (χ1v) is 7.17. The highest BCUT2D eigenvalue weighted by Crippen LogP contribution is 2.31. The maximum absolute atomic E-state index is 6.14. The maximum Gasteiger partial charge on any atom is 0.135 e. The van der Waals surface area contributed by atoms with Crippen LogP contribution in [0, 0.1) is 6.92 Å². The quantitative estimate of drug-likeness (QED) is 0.749. The van der Waals surface area contributed by atoms with Gasteiger partial charge in [-0.25, -0.2) is 0 Å². The van der Waals surface area contributed by atoms with Crippen molar-refractivity contribution in [2.45, 2.75) is 13.5 Å². The number of aryl methyl sites for hydroxylation is 1. The van der Waals surface area contributed by atoms with Gasteiger partial charge in [-0.15, -0.1) is 0 Å². The monoisotopic (exact) mass is 277 g/mol. The number of fused-ring (bicyclic) bond motifs is 1. The minimum atomic E-state index is 0.870. The number of rotatable bonds is 4. The van der Waals surface area contributed by atoms with E-state index in [2.05, 4.69) is 42.6 Å². The van der Waals surface area contributed by atoms with Crippen molar-refractivity contribution in [1.29, 1.82) is 0 Å². The summed E-state index contributed by atoms with van der Waals surface area (Å²) in [6.45, 7) is 2.95. The van der Waals surface area contributed by atoms with Crippen LogP contribution in [0.3, 0.4) is 0 Å². The summed E-state index contributed by atoms with van der Waals surface area (Å²) in [4.78, 5) is 0. The summed E-state index contributed by atoms with van der Waals surface area (Å²) in [5, 5.41) is 5.50. The van der Waals surface area contributed by atoms with Gasteiger partial charge in [0.05, 0.1) is 0 Å². The van der Waals surface area contributed by atoms with Crippen LogP contribution >= 0.6 is 0 Å². The van der Waals surface area contributed by atoms with Crippen molar-refractivity contribution in [2.75, 3.05) is 7.05 Å². The molecular formula is C19H19NO. The molecule has 3 rings (SSSR count). The summed E-state index contributed by atoms with van der Waals surface area (Å²) >= 11 is 0. The molecule has 106 valence electrons. The van der Waals surface area contributed by atoms with Crippen molar-refractivity contribution in [2.24, 2.45) is 0 Å². The fourth-order valence-corrected chi connectivity index (χ4v) is 2.54. The number of ether oxygens (including phenoxy) is 1. The summed E-state index contributed by atoms with van der Waals surface area (Å²) in [5.41, 5.74) is 2.41. The van der Waals surface area contributed by atoms with Gasteiger partial charge >= 0.3 is 0 Å². The normalized spacial score (nSPS) is 10.8. The highest BCUT2D eigenvalue weighted by atomic mass is 16.5. The Labute approximate surface area is 125 Å². The second-order valence-electron chi connectivity index (χ2n) is 5.21. The van der Waals surface area contributed by atoms with Gasteiger partial charge in [0.25, 0.3) is 0 Å². The molecule has 3 aromatic rings. The molecule has 0 saturated heterocycles.